The number of nitrogens with one attached hydrogen (secondary N) is 2. The summed E-state index contributed by atoms with van der Waals surface area (Å²) >= 11 is 11.5. The Kier molecular flexibility index (Phi) is 5.45. The van der Waals surface area contributed by atoms with Gasteiger partial charge in [-0.25, -0.2) is 4.98 Å². The molecule has 1 fully saturated rings. The van der Waals surface area contributed by atoms with Gasteiger partial charge in [0.1, 0.15) is 11.0 Å². The second kappa shape index (κ2) is 8.14. The van der Waals surface area contributed by atoms with Crippen LogP contribution in [0.25, 0.3) is 0 Å². The highest BCUT2D eigenvalue weighted by molar-refractivity contribution is 7.80. The summed E-state index contributed by atoms with van der Waals surface area (Å²) < 4.78 is 10.7. The Morgan fingerprint density at radius 3 is 2.78 bits per heavy atom. The van der Waals surface area contributed by atoms with Crippen LogP contribution in [0.1, 0.15) is 24.8 Å². The summed E-state index contributed by atoms with van der Waals surface area (Å²) in [6.45, 7) is 2.78. The van der Waals surface area contributed by atoms with E-state index in [9.17, 15) is 0 Å². The second-order valence-corrected chi connectivity index (χ2v) is 7.21. The maximum Gasteiger partial charge on any atom is 0.232 e. The minimum atomic E-state index is 0.262. The number of aromatic nitrogens is 2. The van der Waals surface area contributed by atoms with Crippen LogP contribution in [0.4, 0.5) is 11.8 Å². The van der Waals surface area contributed by atoms with Gasteiger partial charge in [0.15, 0.2) is 16.6 Å². The fourth-order valence-electron chi connectivity index (χ4n) is 3.13. The maximum atomic E-state index is 6.17. The molecule has 0 spiro atoms. The Hall–Kier alpha value is -2.32. The fraction of sp³-hybridized carbons (Fsp3) is 0.389. The van der Waals surface area contributed by atoms with Gasteiger partial charge >= 0.3 is 0 Å². The molecule has 4 rings (SSSR count). The summed E-state index contributed by atoms with van der Waals surface area (Å²) in [5.41, 5.74) is 1.03. The molecule has 0 aliphatic carbocycles. The van der Waals surface area contributed by atoms with Gasteiger partial charge in [0.05, 0.1) is 0 Å². The molecule has 0 atom stereocenters. The summed E-state index contributed by atoms with van der Waals surface area (Å²) in [6.07, 6.45) is 3.59. The number of thiocarbonyl (C=S) groups is 1. The van der Waals surface area contributed by atoms with Crippen molar-refractivity contribution in [3.8, 4) is 11.5 Å². The predicted octanol–water partition coefficient (Wildman–Crippen LogP) is 3.34. The summed E-state index contributed by atoms with van der Waals surface area (Å²) in [4.78, 5) is 11.0. The van der Waals surface area contributed by atoms with Gasteiger partial charge < -0.3 is 25.0 Å². The molecule has 1 aromatic heterocycles. The zero-order chi connectivity index (χ0) is 18.6. The molecule has 27 heavy (non-hydrogen) atoms. The molecule has 7 nitrogen and oxygen atoms in total. The number of rotatable bonds is 4. The van der Waals surface area contributed by atoms with Crippen LogP contribution in [0.3, 0.4) is 0 Å². The Labute approximate surface area is 168 Å². The van der Waals surface area contributed by atoms with Gasteiger partial charge in [0.25, 0.3) is 0 Å². The van der Waals surface area contributed by atoms with Crippen LogP contribution in [0, 0.1) is 0 Å². The van der Waals surface area contributed by atoms with Gasteiger partial charge in [-0.15, -0.1) is 0 Å². The summed E-state index contributed by atoms with van der Waals surface area (Å²) in [5, 5.41) is 6.99. The van der Waals surface area contributed by atoms with Crippen molar-refractivity contribution in [1.82, 2.24) is 15.3 Å². The first-order chi connectivity index (χ1) is 13.2. The van der Waals surface area contributed by atoms with Crippen molar-refractivity contribution in [2.45, 2.75) is 25.8 Å². The Balaban J connectivity index is 1.37. The quantitative estimate of drug-likeness (QED) is 0.592. The van der Waals surface area contributed by atoms with Crippen LogP contribution in [0.5, 0.6) is 11.5 Å². The molecule has 1 saturated heterocycles. The van der Waals surface area contributed by atoms with Gasteiger partial charge in [0.2, 0.25) is 12.7 Å². The van der Waals surface area contributed by atoms with Crippen LogP contribution in [-0.4, -0.2) is 35.0 Å². The first-order valence-electron chi connectivity index (χ1n) is 8.90. The zero-order valence-electron chi connectivity index (χ0n) is 14.7. The molecule has 0 saturated carbocycles. The van der Waals surface area contributed by atoms with E-state index in [0.29, 0.717) is 22.8 Å². The average Bonchev–Trinajstić information content (AvgIpc) is 3.14. The smallest absolute Gasteiger partial charge is 0.232 e. The normalized spacial score (nSPS) is 15.5. The number of halogens is 1. The first-order valence-corrected chi connectivity index (χ1v) is 9.69. The third kappa shape index (κ3) is 4.51. The highest BCUT2D eigenvalue weighted by Gasteiger charge is 2.15. The molecular formula is C18H20ClN5O2S. The van der Waals surface area contributed by atoms with Gasteiger partial charge in [-0.3, -0.25) is 0 Å². The van der Waals surface area contributed by atoms with E-state index in [4.69, 9.17) is 33.3 Å². The topological polar surface area (TPSA) is 71.5 Å². The van der Waals surface area contributed by atoms with Gasteiger partial charge in [-0.05, 0) is 49.2 Å². The number of ether oxygens (including phenoxy) is 2. The monoisotopic (exact) mass is 405 g/mol. The predicted molar refractivity (Wildman–Crippen MR) is 109 cm³/mol. The zero-order valence-corrected chi connectivity index (χ0v) is 16.3. The lowest BCUT2D eigenvalue weighted by Gasteiger charge is -2.27. The molecular weight excluding hydrogens is 386 g/mol. The first kappa shape index (κ1) is 18.1. The van der Waals surface area contributed by atoms with Gasteiger partial charge in [-0.1, -0.05) is 17.7 Å². The largest absolute Gasteiger partial charge is 0.454 e. The maximum absolute atomic E-state index is 6.17. The molecule has 0 radical (unpaired) electrons. The minimum absolute atomic E-state index is 0.262. The van der Waals surface area contributed by atoms with Crippen molar-refractivity contribution in [3.05, 3.63) is 35.0 Å². The number of anilines is 2. The number of nitrogens with zero attached hydrogens (tertiary/aromatic N) is 3. The minimum Gasteiger partial charge on any atom is -0.454 e. The number of benzene rings is 1. The molecule has 1 aromatic carbocycles. The van der Waals surface area contributed by atoms with Crippen LogP contribution in [-0.2, 0) is 6.54 Å². The van der Waals surface area contributed by atoms with Crippen LogP contribution in [0.15, 0.2) is 24.3 Å². The standard InChI is InChI=1S/C18H20ClN5O2S/c19-15-9-16(24-6-2-1-3-7-24)22-17(21-15)23-18(27)20-10-12-4-5-13-14(8-12)26-11-25-13/h4-5,8-9H,1-3,6-7,10-11H2,(H2,20,21,22,23,27). The van der Waals surface area contributed by atoms with E-state index in [1.807, 2.05) is 18.2 Å². The average molecular weight is 406 g/mol. The van der Waals surface area contributed by atoms with Crippen molar-refractivity contribution in [2.24, 2.45) is 0 Å². The van der Waals surface area contributed by atoms with Crippen LogP contribution in [0.2, 0.25) is 5.15 Å². The SMILES string of the molecule is S=C(NCc1ccc2c(c1)OCO2)Nc1nc(Cl)cc(N2CCCCC2)n1. The van der Waals surface area contributed by atoms with Crippen molar-refractivity contribution in [1.29, 1.82) is 0 Å². The van der Waals surface area contributed by atoms with Crippen LogP contribution < -0.4 is 25.0 Å². The number of hydrogen-bond donors (Lipinski definition) is 2. The lowest BCUT2D eigenvalue weighted by atomic mass is 10.1. The molecule has 142 valence electrons. The third-order valence-corrected chi connectivity index (χ3v) is 4.92. The molecule has 2 aromatic rings. The lowest BCUT2D eigenvalue weighted by Crippen LogP contribution is -2.31. The summed E-state index contributed by atoms with van der Waals surface area (Å²) in [7, 11) is 0. The summed E-state index contributed by atoms with van der Waals surface area (Å²) in [6, 6.07) is 7.58. The highest BCUT2D eigenvalue weighted by Crippen LogP contribution is 2.32. The molecule has 2 aliphatic heterocycles. The van der Waals surface area contributed by atoms with E-state index < -0.39 is 0 Å². The van der Waals surface area contributed by atoms with E-state index in [2.05, 4.69) is 25.5 Å². The Morgan fingerprint density at radius 2 is 1.93 bits per heavy atom. The number of piperidine rings is 1. The Bertz CT molecular complexity index is 844. The molecule has 0 amide bonds. The van der Waals surface area contributed by atoms with E-state index in [-0.39, 0.29) is 6.79 Å². The lowest BCUT2D eigenvalue weighted by molar-refractivity contribution is 0.174. The van der Waals surface area contributed by atoms with E-state index in [0.717, 1.165) is 36.0 Å². The van der Waals surface area contributed by atoms with Crippen molar-refractivity contribution in [2.75, 3.05) is 30.1 Å². The second-order valence-electron chi connectivity index (χ2n) is 6.42. The number of hydrogen-bond acceptors (Lipinski definition) is 6. The van der Waals surface area contributed by atoms with Crippen molar-refractivity contribution < 1.29 is 9.47 Å². The third-order valence-electron chi connectivity index (χ3n) is 4.48. The summed E-state index contributed by atoms with van der Waals surface area (Å²) in [5.74, 6) is 2.73. The molecule has 0 unspecified atom stereocenters. The van der Waals surface area contributed by atoms with Crippen LogP contribution >= 0.6 is 23.8 Å². The van der Waals surface area contributed by atoms with Crippen molar-refractivity contribution >= 4 is 40.7 Å². The molecule has 9 heteroatoms. The molecule has 0 bridgehead atoms. The van der Waals surface area contributed by atoms with Gasteiger partial charge in [0, 0.05) is 25.7 Å². The molecule has 2 N–H and O–H groups in total. The Morgan fingerprint density at radius 1 is 1.11 bits per heavy atom. The van der Waals surface area contributed by atoms with Crippen molar-refractivity contribution in [3.63, 3.8) is 0 Å². The molecule has 2 aliphatic rings. The van der Waals surface area contributed by atoms with E-state index in [1.165, 1.54) is 19.3 Å². The van der Waals surface area contributed by atoms with E-state index >= 15 is 0 Å². The number of fused-ring (bicyclic) bond motifs is 1. The van der Waals surface area contributed by atoms with Gasteiger partial charge in [-0.2, -0.15) is 4.98 Å². The fourth-order valence-corrected chi connectivity index (χ4v) is 3.47. The van der Waals surface area contributed by atoms with E-state index in [1.54, 1.807) is 6.07 Å². The highest BCUT2D eigenvalue weighted by atomic mass is 35.5. The molecule has 3 heterocycles.